The van der Waals surface area contributed by atoms with Crippen molar-refractivity contribution in [1.82, 2.24) is 5.01 Å². The van der Waals surface area contributed by atoms with Crippen molar-refractivity contribution in [2.24, 2.45) is 10.8 Å². The molecule has 56 valence electrons. The van der Waals surface area contributed by atoms with Gasteiger partial charge in [-0.1, -0.05) is 0 Å². The standard InChI is InChI=1S/C5H9N3O2/c1-4(9)8(7-2)3-5(6)10/h2-3H2,1H3,(H2,6,10). The molecule has 0 aliphatic rings. The van der Waals surface area contributed by atoms with Crippen molar-refractivity contribution < 1.29 is 9.59 Å². The first-order valence-corrected chi connectivity index (χ1v) is 2.61. The van der Waals surface area contributed by atoms with Gasteiger partial charge in [-0.25, -0.2) is 5.01 Å². The van der Waals surface area contributed by atoms with Gasteiger partial charge in [0.05, 0.1) is 0 Å². The average molecular weight is 143 g/mol. The van der Waals surface area contributed by atoms with Crippen LogP contribution >= 0.6 is 0 Å². The Kier molecular flexibility index (Phi) is 3.10. The number of amides is 2. The minimum atomic E-state index is -0.609. The highest BCUT2D eigenvalue weighted by molar-refractivity contribution is 5.82. The lowest BCUT2D eigenvalue weighted by molar-refractivity contribution is -0.133. The second-order valence-electron chi connectivity index (χ2n) is 1.68. The van der Waals surface area contributed by atoms with Crippen molar-refractivity contribution in [2.45, 2.75) is 6.92 Å². The van der Waals surface area contributed by atoms with Crippen LogP contribution in [0.2, 0.25) is 0 Å². The molecule has 0 aromatic rings. The van der Waals surface area contributed by atoms with Crippen molar-refractivity contribution in [3.05, 3.63) is 0 Å². The maximum Gasteiger partial charge on any atom is 0.240 e. The van der Waals surface area contributed by atoms with Crippen molar-refractivity contribution in [1.29, 1.82) is 0 Å². The van der Waals surface area contributed by atoms with Gasteiger partial charge in [0.1, 0.15) is 6.54 Å². The monoisotopic (exact) mass is 143 g/mol. The Labute approximate surface area is 58.5 Å². The highest BCUT2D eigenvalue weighted by Crippen LogP contribution is 1.86. The molecule has 5 nitrogen and oxygen atoms in total. The zero-order chi connectivity index (χ0) is 8.15. The molecule has 2 N–H and O–H groups in total. The van der Waals surface area contributed by atoms with Gasteiger partial charge in [-0.3, -0.25) is 9.59 Å². The zero-order valence-electron chi connectivity index (χ0n) is 5.70. The minimum Gasteiger partial charge on any atom is -0.368 e. The van der Waals surface area contributed by atoms with Gasteiger partial charge >= 0.3 is 0 Å². The number of nitrogens with zero attached hydrogens (tertiary/aromatic N) is 2. The first-order chi connectivity index (χ1) is 4.57. The largest absolute Gasteiger partial charge is 0.368 e. The molecule has 10 heavy (non-hydrogen) atoms. The molecule has 0 spiro atoms. The predicted octanol–water partition coefficient (Wildman–Crippen LogP) is -1.06. The van der Waals surface area contributed by atoms with E-state index in [0.29, 0.717) is 0 Å². The topological polar surface area (TPSA) is 75.8 Å². The molecular weight excluding hydrogens is 134 g/mol. The van der Waals surface area contributed by atoms with Gasteiger partial charge in [0.25, 0.3) is 0 Å². The van der Waals surface area contributed by atoms with E-state index in [1.165, 1.54) is 6.92 Å². The van der Waals surface area contributed by atoms with Crippen LogP contribution in [0.1, 0.15) is 6.92 Å². The number of carbonyl (C=O) groups is 2. The van der Waals surface area contributed by atoms with Crippen LogP contribution < -0.4 is 5.73 Å². The molecule has 0 atom stereocenters. The van der Waals surface area contributed by atoms with E-state index in [4.69, 9.17) is 5.73 Å². The van der Waals surface area contributed by atoms with Gasteiger partial charge in [0.15, 0.2) is 0 Å². The lowest BCUT2D eigenvalue weighted by Crippen LogP contribution is -2.32. The second-order valence-corrected chi connectivity index (χ2v) is 1.68. The Morgan fingerprint density at radius 3 is 2.30 bits per heavy atom. The zero-order valence-corrected chi connectivity index (χ0v) is 5.70. The van der Waals surface area contributed by atoms with Crippen LogP contribution in [0.25, 0.3) is 0 Å². The smallest absolute Gasteiger partial charge is 0.240 e. The van der Waals surface area contributed by atoms with E-state index in [0.717, 1.165) is 5.01 Å². The molecule has 0 bridgehead atoms. The van der Waals surface area contributed by atoms with E-state index in [9.17, 15) is 9.59 Å². The Balaban J connectivity index is 3.96. The van der Waals surface area contributed by atoms with Gasteiger partial charge in [-0.05, 0) is 0 Å². The molecule has 2 amide bonds. The van der Waals surface area contributed by atoms with Gasteiger partial charge in [0, 0.05) is 13.6 Å². The second kappa shape index (κ2) is 3.60. The van der Waals surface area contributed by atoms with Gasteiger partial charge in [-0.15, -0.1) is 0 Å². The van der Waals surface area contributed by atoms with E-state index in [-0.39, 0.29) is 12.5 Å². The fourth-order valence-corrected chi connectivity index (χ4v) is 0.409. The summed E-state index contributed by atoms with van der Waals surface area (Å²) in [6.07, 6.45) is 0. The Bertz CT molecular complexity index is 166. The number of hydrogen-bond donors (Lipinski definition) is 1. The first kappa shape index (κ1) is 8.61. The maximum atomic E-state index is 10.5. The maximum absolute atomic E-state index is 10.5. The Morgan fingerprint density at radius 2 is 2.20 bits per heavy atom. The summed E-state index contributed by atoms with van der Waals surface area (Å²) >= 11 is 0. The normalized spacial score (nSPS) is 8.50. The number of nitrogens with two attached hydrogens (primary N) is 1. The van der Waals surface area contributed by atoms with Gasteiger partial charge in [0.2, 0.25) is 11.8 Å². The number of primary amides is 1. The van der Waals surface area contributed by atoms with Gasteiger partial charge in [-0.2, -0.15) is 5.10 Å². The van der Waals surface area contributed by atoms with Crippen molar-refractivity contribution in [3.8, 4) is 0 Å². The molecular formula is C5H9N3O2. The van der Waals surface area contributed by atoms with Crippen LogP contribution in [0, 0.1) is 0 Å². The van der Waals surface area contributed by atoms with Crippen LogP contribution in [-0.4, -0.2) is 30.1 Å². The summed E-state index contributed by atoms with van der Waals surface area (Å²) in [5.41, 5.74) is 4.79. The highest BCUT2D eigenvalue weighted by atomic mass is 16.2. The molecule has 0 unspecified atom stereocenters. The molecule has 0 radical (unpaired) electrons. The molecule has 0 aromatic heterocycles. The summed E-state index contributed by atoms with van der Waals surface area (Å²) in [7, 11) is 0. The van der Waals surface area contributed by atoms with Crippen molar-refractivity contribution in [2.75, 3.05) is 6.54 Å². The average Bonchev–Trinajstić information content (AvgIpc) is 1.81. The van der Waals surface area contributed by atoms with E-state index in [1.54, 1.807) is 0 Å². The summed E-state index contributed by atoms with van der Waals surface area (Å²) in [5, 5.41) is 4.15. The lowest BCUT2D eigenvalue weighted by Gasteiger charge is -2.10. The quantitative estimate of drug-likeness (QED) is 0.403. The van der Waals surface area contributed by atoms with Gasteiger partial charge < -0.3 is 5.73 Å². The fourth-order valence-electron chi connectivity index (χ4n) is 0.409. The molecule has 0 saturated heterocycles. The molecule has 0 aliphatic heterocycles. The van der Waals surface area contributed by atoms with Crippen LogP contribution in [-0.2, 0) is 9.59 Å². The molecule has 0 aromatic carbocycles. The molecule has 0 aliphatic carbocycles. The van der Waals surface area contributed by atoms with Crippen molar-refractivity contribution in [3.63, 3.8) is 0 Å². The summed E-state index contributed by atoms with van der Waals surface area (Å²) in [6, 6.07) is 0. The third-order valence-electron chi connectivity index (χ3n) is 0.840. The van der Waals surface area contributed by atoms with Crippen molar-refractivity contribution >= 4 is 18.5 Å². The Morgan fingerprint density at radius 1 is 1.70 bits per heavy atom. The third kappa shape index (κ3) is 2.81. The lowest BCUT2D eigenvalue weighted by atomic mass is 10.5. The van der Waals surface area contributed by atoms with E-state index >= 15 is 0 Å². The number of hydrogen-bond acceptors (Lipinski definition) is 3. The highest BCUT2D eigenvalue weighted by Gasteiger charge is 2.07. The van der Waals surface area contributed by atoms with E-state index in [1.807, 2.05) is 0 Å². The summed E-state index contributed by atoms with van der Waals surface area (Å²) in [5.74, 6) is -0.962. The number of rotatable bonds is 3. The van der Waals surface area contributed by atoms with Crippen LogP contribution in [0.15, 0.2) is 5.10 Å². The Hall–Kier alpha value is -1.39. The minimum absolute atomic E-state index is 0.209. The summed E-state index contributed by atoms with van der Waals surface area (Å²) in [4.78, 5) is 20.7. The molecule has 0 fully saturated rings. The third-order valence-corrected chi connectivity index (χ3v) is 0.840. The van der Waals surface area contributed by atoms with E-state index < -0.39 is 5.91 Å². The number of hydrazone groups is 1. The summed E-state index contributed by atoms with van der Waals surface area (Å²) in [6.45, 7) is 4.15. The van der Waals surface area contributed by atoms with E-state index in [2.05, 4.69) is 11.8 Å². The molecule has 0 saturated carbocycles. The first-order valence-electron chi connectivity index (χ1n) is 2.61. The van der Waals surface area contributed by atoms with Crippen LogP contribution in [0.3, 0.4) is 0 Å². The molecule has 5 heteroatoms. The summed E-state index contributed by atoms with van der Waals surface area (Å²) < 4.78 is 0. The predicted molar refractivity (Wildman–Crippen MR) is 36.1 cm³/mol. The molecule has 0 rings (SSSR count). The number of carbonyl (C=O) groups excluding carboxylic acids is 2. The fraction of sp³-hybridized carbons (Fsp3) is 0.400. The van der Waals surface area contributed by atoms with Crippen LogP contribution in [0.5, 0.6) is 0 Å². The molecule has 0 heterocycles. The SMILES string of the molecule is C=NN(CC(N)=O)C(C)=O. The van der Waals surface area contributed by atoms with Crippen LogP contribution in [0.4, 0.5) is 0 Å².